The quantitative estimate of drug-likeness (QED) is 0.402. The lowest BCUT2D eigenvalue weighted by Gasteiger charge is -2.18. The van der Waals surface area contributed by atoms with Gasteiger partial charge in [0, 0.05) is 6.54 Å². The van der Waals surface area contributed by atoms with Gasteiger partial charge < -0.3 is 5.11 Å². The number of hydrogen-bond acceptors (Lipinski definition) is 3. The Balaban J connectivity index is 3.64. The number of hydrogen-bond donors (Lipinski definition) is 1. The number of carbonyl (C=O) groups is 1. The third-order valence-electron chi connectivity index (χ3n) is 2.03. The van der Waals surface area contributed by atoms with Crippen LogP contribution in [0.1, 0.15) is 40.0 Å². The largest absolute Gasteiger partial charge is 0.480 e. The van der Waals surface area contributed by atoms with Crippen LogP contribution in [0.15, 0.2) is 5.29 Å². The van der Waals surface area contributed by atoms with Crippen molar-refractivity contribution in [3.63, 3.8) is 0 Å². The maximum atomic E-state index is 10.3. The number of rotatable bonds is 7. The summed E-state index contributed by atoms with van der Waals surface area (Å²) in [6, 6.07) is 0. The Bertz CT molecular complexity index is 211. The summed E-state index contributed by atoms with van der Waals surface area (Å²) in [5, 5.41) is 12.2. The molecule has 88 valence electrons. The summed E-state index contributed by atoms with van der Waals surface area (Å²) in [5.74, 6) is -1.02. The smallest absolute Gasteiger partial charge is 0.324 e. The second kappa shape index (κ2) is 6.37. The van der Waals surface area contributed by atoms with Crippen LogP contribution in [0.2, 0.25) is 0 Å². The fourth-order valence-electron chi connectivity index (χ4n) is 1.25. The third-order valence-corrected chi connectivity index (χ3v) is 2.03. The van der Waals surface area contributed by atoms with Crippen LogP contribution in [0.4, 0.5) is 0 Å². The minimum Gasteiger partial charge on any atom is -0.480 e. The molecular formula is C10H20N2O3. The number of nitrogens with zero attached hydrogens (tertiary/aromatic N) is 2. The summed E-state index contributed by atoms with van der Waals surface area (Å²) in [6.45, 7) is 6.57. The molecule has 0 radical (unpaired) electrons. The number of aliphatic carboxylic acids is 1. The van der Waals surface area contributed by atoms with Gasteiger partial charge in [-0.3, -0.25) is 4.79 Å². The van der Waals surface area contributed by atoms with Gasteiger partial charge in [-0.25, -0.2) is 5.01 Å². The Kier molecular flexibility index (Phi) is 5.89. The summed E-state index contributed by atoms with van der Waals surface area (Å²) in [4.78, 5) is 20.6. The normalized spacial score (nSPS) is 11.1. The van der Waals surface area contributed by atoms with E-state index in [1.54, 1.807) is 0 Å². The summed E-state index contributed by atoms with van der Waals surface area (Å²) in [7, 11) is 0. The molecule has 5 nitrogen and oxygen atoms in total. The Labute approximate surface area is 90.4 Å². The van der Waals surface area contributed by atoms with Gasteiger partial charge in [0.25, 0.3) is 0 Å². The van der Waals surface area contributed by atoms with Crippen LogP contribution >= 0.6 is 0 Å². The minimum atomic E-state index is -1.02. The molecule has 5 heteroatoms. The zero-order valence-corrected chi connectivity index (χ0v) is 9.69. The average molecular weight is 216 g/mol. The van der Waals surface area contributed by atoms with Gasteiger partial charge in [0.15, 0.2) is 0 Å². The molecule has 0 bridgehead atoms. The molecule has 0 amide bonds. The van der Waals surface area contributed by atoms with Crippen molar-refractivity contribution in [2.24, 2.45) is 10.7 Å². The second-order valence-corrected chi connectivity index (χ2v) is 4.88. The van der Waals surface area contributed by atoms with E-state index in [1.807, 2.05) is 0 Å². The molecule has 0 atom stereocenters. The standard InChI is InChI=1S/C10H20N2O3/c1-10(2,3)6-4-5-7-12(11-15)8-9(13)14/h4-8H2,1-3H3,(H,13,14). The molecule has 0 aromatic rings. The molecule has 1 N–H and O–H groups in total. The van der Waals surface area contributed by atoms with Crippen molar-refractivity contribution < 1.29 is 9.90 Å². The van der Waals surface area contributed by atoms with E-state index in [4.69, 9.17) is 5.11 Å². The minimum absolute atomic E-state index is 0.284. The SMILES string of the molecule is CC(C)(C)CCCCN(CC(=O)O)N=O. The first-order valence-electron chi connectivity index (χ1n) is 5.15. The van der Waals surface area contributed by atoms with Crippen LogP contribution in [0, 0.1) is 10.3 Å². The highest BCUT2D eigenvalue weighted by atomic mass is 16.4. The summed E-state index contributed by atoms with van der Waals surface area (Å²) in [6.07, 6.45) is 2.85. The van der Waals surface area contributed by atoms with Gasteiger partial charge in [0.2, 0.25) is 0 Å². The Morgan fingerprint density at radius 3 is 2.33 bits per heavy atom. The summed E-state index contributed by atoms with van der Waals surface area (Å²) < 4.78 is 0. The molecule has 0 aliphatic carbocycles. The van der Waals surface area contributed by atoms with E-state index in [2.05, 4.69) is 26.1 Å². The van der Waals surface area contributed by atoms with Gasteiger partial charge in [-0.05, 0) is 18.3 Å². The Morgan fingerprint density at radius 2 is 1.93 bits per heavy atom. The molecule has 0 rings (SSSR count). The van der Waals surface area contributed by atoms with Crippen molar-refractivity contribution in [3.8, 4) is 0 Å². The topological polar surface area (TPSA) is 70.0 Å². The van der Waals surface area contributed by atoms with Crippen LogP contribution in [0.5, 0.6) is 0 Å². The maximum absolute atomic E-state index is 10.3. The highest BCUT2D eigenvalue weighted by Gasteiger charge is 2.11. The third kappa shape index (κ3) is 9.18. The Hall–Kier alpha value is -1.13. The first-order valence-corrected chi connectivity index (χ1v) is 5.15. The van der Waals surface area contributed by atoms with Crippen LogP contribution in [0.25, 0.3) is 0 Å². The Morgan fingerprint density at radius 1 is 1.33 bits per heavy atom. The molecule has 0 aromatic carbocycles. The molecule has 0 saturated carbocycles. The zero-order valence-electron chi connectivity index (χ0n) is 9.69. The van der Waals surface area contributed by atoms with E-state index in [9.17, 15) is 9.70 Å². The lowest BCUT2D eigenvalue weighted by atomic mass is 9.90. The van der Waals surface area contributed by atoms with E-state index in [-0.39, 0.29) is 12.0 Å². The van der Waals surface area contributed by atoms with Gasteiger partial charge in [-0.1, -0.05) is 27.2 Å². The molecule has 0 fully saturated rings. The fourth-order valence-corrected chi connectivity index (χ4v) is 1.25. The average Bonchev–Trinajstić information content (AvgIpc) is 2.08. The number of carboxylic acid groups (broad SMARTS) is 1. The lowest BCUT2D eigenvalue weighted by Crippen LogP contribution is -2.25. The second-order valence-electron chi connectivity index (χ2n) is 4.88. The summed E-state index contributed by atoms with van der Waals surface area (Å²) in [5.41, 5.74) is 0.284. The highest BCUT2D eigenvalue weighted by molar-refractivity contribution is 5.68. The van der Waals surface area contributed by atoms with E-state index in [0.717, 1.165) is 24.3 Å². The van der Waals surface area contributed by atoms with E-state index < -0.39 is 5.97 Å². The van der Waals surface area contributed by atoms with Gasteiger partial charge in [-0.2, -0.15) is 0 Å². The van der Waals surface area contributed by atoms with Crippen molar-refractivity contribution in [2.75, 3.05) is 13.1 Å². The predicted octanol–water partition coefficient (Wildman–Crippen LogP) is 2.27. The number of unbranched alkanes of at least 4 members (excludes halogenated alkanes) is 1. The zero-order chi connectivity index (χ0) is 11.9. The van der Waals surface area contributed by atoms with Gasteiger partial charge in [0.1, 0.15) is 6.54 Å². The van der Waals surface area contributed by atoms with Gasteiger partial charge in [-0.15, -0.1) is 4.91 Å². The van der Waals surface area contributed by atoms with E-state index in [0.29, 0.717) is 6.54 Å². The molecule has 0 unspecified atom stereocenters. The monoisotopic (exact) mass is 216 g/mol. The van der Waals surface area contributed by atoms with Crippen molar-refractivity contribution in [3.05, 3.63) is 4.91 Å². The van der Waals surface area contributed by atoms with Gasteiger partial charge in [0.05, 0.1) is 5.29 Å². The van der Waals surface area contributed by atoms with Crippen molar-refractivity contribution >= 4 is 5.97 Å². The van der Waals surface area contributed by atoms with Crippen molar-refractivity contribution in [1.82, 2.24) is 5.01 Å². The number of carboxylic acids is 1. The van der Waals surface area contributed by atoms with E-state index in [1.165, 1.54) is 0 Å². The molecule has 0 aliphatic heterocycles. The van der Waals surface area contributed by atoms with Crippen molar-refractivity contribution in [2.45, 2.75) is 40.0 Å². The van der Waals surface area contributed by atoms with Crippen LogP contribution in [-0.4, -0.2) is 29.2 Å². The molecule has 0 aromatic heterocycles. The molecular weight excluding hydrogens is 196 g/mol. The summed E-state index contributed by atoms with van der Waals surface area (Å²) >= 11 is 0. The van der Waals surface area contributed by atoms with Crippen LogP contribution in [0.3, 0.4) is 0 Å². The molecule has 0 saturated heterocycles. The first-order chi connectivity index (χ1) is 6.85. The van der Waals surface area contributed by atoms with E-state index >= 15 is 0 Å². The number of nitroso groups, excluding NO2 is 1. The fraction of sp³-hybridized carbons (Fsp3) is 0.900. The maximum Gasteiger partial charge on any atom is 0.324 e. The first kappa shape index (κ1) is 13.9. The van der Waals surface area contributed by atoms with Gasteiger partial charge >= 0.3 is 5.97 Å². The lowest BCUT2D eigenvalue weighted by molar-refractivity contribution is -0.138. The van der Waals surface area contributed by atoms with Crippen molar-refractivity contribution in [1.29, 1.82) is 0 Å². The molecule has 15 heavy (non-hydrogen) atoms. The van der Waals surface area contributed by atoms with Crippen LogP contribution in [-0.2, 0) is 4.79 Å². The molecule has 0 spiro atoms. The molecule has 0 heterocycles. The highest BCUT2D eigenvalue weighted by Crippen LogP contribution is 2.21. The predicted molar refractivity (Wildman–Crippen MR) is 58.3 cm³/mol. The van der Waals surface area contributed by atoms with Crippen LogP contribution < -0.4 is 0 Å². The molecule has 0 aliphatic rings.